The topological polar surface area (TPSA) is 83.3 Å². The summed E-state index contributed by atoms with van der Waals surface area (Å²) in [7, 11) is 1.76. The number of hydrogen-bond acceptors (Lipinski definition) is 6. The summed E-state index contributed by atoms with van der Waals surface area (Å²) in [6.07, 6.45) is 0. The summed E-state index contributed by atoms with van der Waals surface area (Å²) >= 11 is 0. The first-order chi connectivity index (χ1) is 8.93. The van der Waals surface area contributed by atoms with Gasteiger partial charge in [0, 0.05) is 19.6 Å². The van der Waals surface area contributed by atoms with Gasteiger partial charge in [-0.25, -0.2) is 0 Å². The first kappa shape index (κ1) is 15.4. The minimum Gasteiger partial charge on any atom is -0.407 e. The van der Waals surface area contributed by atoms with Gasteiger partial charge in [-0.1, -0.05) is 18.9 Å². The fraction of sp³-hybridized carbons (Fsp3) is 0.750. The van der Waals surface area contributed by atoms with Gasteiger partial charge in [0.05, 0.1) is 6.54 Å². The number of aromatic nitrogens is 2. The lowest BCUT2D eigenvalue weighted by molar-refractivity contribution is -0.130. The second-order valence-corrected chi connectivity index (χ2v) is 4.75. The van der Waals surface area contributed by atoms with Gasteiger partial charge in [-0.2, -0.15) is 0 Å². The van der Waals surface area contributed by atoms with Crippen LogP contribution in [0, 0.1) is 0 Å². The monoisotopic (exact) mass is 269 g/mol. The van der Waals surface area contributed by atoms with E-state index < -0.39 is 6.04 Å². The van der Waals surface area contributed by atoms with E-state index in [1.165, 1.54) is 0 Å². The molecule has 0 aliphatic carbocycles. The maximum absolute atomic E-state index is 11.9. The molecular formula is C12H23N5O2. The summed E-state index contributed by atoms with van der Waals surface area (Å²) in [6.45, 7) is 8.95. The zero-order valence-electron chi connectivity index (χ0n) is 12.2. The Hall–Kier alpha value is -1.63. The van der Waals surface area contributed by atoms with Crippen molar-refractivity contribution in [3.63, 3.8) is 0 Å². The molecule has 1 aromatic heterocycles. The second kappa shape index (κ2) is 7.08. The Morgan fingerprint density at radius 2 is 2.05 bits per heavy atom. The van der Waals surface area contributed by atoms with Crippen LogP contribution in [0.2, 0.25) is 0 Å². The zero-order valence-corrected chi connectivity index (χ0v) is 12.2. The quantitative estimate of drug-likeness (QED) is 0.763. The molecule has 1 heterocycles. The molecule has 0 spiro atoms. The van der Waals surface area contributed by atoms with Gasteiger partial charge in [0.15, 0.2) is 0 Å². The molecule has 0 aliphatic heterocycles. The van der Waals surface area contributed by atoms with Crippen molar-refractivity contribution in [2.24, 2.45) is 0 Å². The maximum atomic E-state index is 11.9. The Labute approximate surface area is 113 Å². The van der Waals surface area contributed by atoms with E-state index in [1.54, 1.807) is 18.9 Å². The van der Waals surface area contributed by atoms with Crippen molar-refractivity contribution in [1.82, 2.24) is 20.4 Å². The van der Waals surface area contributed by atoms with E-state index in [1.807, 2.05) is 20.8 Å². The van der Waals surface area contributed by atoms with Crippen LogP contribution in [-0.4, -0.2) is 46.7 Å². The molecule has 0 radical (unpaired) electrons. The highest BCUT2D eigenvalue weighted by Crippen LogP contribution is 2.08. The Bertz CT molecular complexity index is 405. The Morgan fingerprint density at radius 3 is 2.63 bits per heavy atom. The first-order valence-electron chi connectivity index (χ1n) is 6.51. The molecule has 0 saturated carbocycles. The van der Waals surface area contributed by atoms with Crippen molar-refractivity contribution < 1.29 is 9.21 Å². The van der Waals surface area contributed by atoms with Gasteiger partial charge in [-0.15, -0.1) is 5.10 Å². The number of amides is 1. The molecule has 19 heavy (non-hydrogen) atoms. The van der Waals surface area contributed by atoms with Gasteiger partial charge >= 0.3 is 6.01 Å². The lowest BCUT2D eigenvalue weighted by atomic mass is 10.3. The van der Waals surface area contributed by atoms with Gasteiger partial charge < -0.3 is 20.0 Å². The molecular weight excluding hydrogens is 246 g/mol. The number of rotatable bonds is 7. The number of carbonyl (C=O) groups excluding carboxylic acids is 1. The van der Waals surface area contributed by atoms with Crippen molar-refractivity contribution in [1.29, 1.82) is 0 Å². The van der Waals surface area contributed by atoms with Crippen LogP contribution in [0.3, 0.4) is 0 Å². The summed E-state index contributed by atoms with van der Waals surface area (Å²) in [5.74, 6) is 0.488. The molecule has 2 N–H and O–H groups in total. The molecule has 1 amide bonds. The number of nitrogens with one attached hydrogen (secondary N) is 2. The lowest BCUT2D eigenvalue weighted by Crippen LogP contribution is -2.38. The molecule has 1 rings (SSSR count). The van der Waals surface area contributed by atoms with Crippen molar-refractivity contribution >= 4 is 11.9 Å². The number of likely N-dealkylation sites (N-methyl/N-ethyl adjacent to an activating group) is 1. The molecule has 1 atom stereocenters. The minimum absolute atomic E-state index is 0.0115. The van der Waals surface area contributed by atoms with Crippen LogP contribution in [0.5, 0.6) is 0 Å². The third-order valence-electron chi connectivity index (χ3n) is 2.69. The van der Waals surface area contributed by atoms with Crippen LogP contribution in [0.4, 0.5) is 6.01 Å². The third kappa shape index (κ3) is 4.86. The molecule has 1 unspecified atom stereocenters. The van der Waals surface area contributed by atoms with Crippen LogP contribution in [-0.2, 0) is 11.3 Å². The number of carbonyl (C=O) groups is 1. The highest BCUT2D eigenvalue weighted by Gasteiger charge is 2.18. The summed E-state index contributed by atoms with van der Waals surface area (Å²) in [6, 6.07) is 0.226. The third-order valence-corrected chi connectivity index (χ3v) is 2.69. The van der Waals surface area contributed by atoms with E-state index in [0.717, 1.165) is 0 Å². The van der Waals surface area contributed by atoms with E-state index >= 15 is 0 Å². The van der Waals surface area contributed by atoms with Crippen molar-refractivity contribution in [2.75, 3.05) is 18.9 Å². The van der Waals surface area contributed by atoms with Gasteiger partial charge in [-0.3, -0.25) is 4.79 Å². The van der Waals surface area contributed by atoms with Crippen LogP contribution in [0.25, 0.3) is 0 Å². The van der Waals surface area contributed by atoms with Crippen molar-refractivity contribution in [3.8, 4) is 0 Å². The van der Waals surface area contributed by atoms with E-state index in [2.05, 4.69) is 20.8 Å². The fourth-order valence-corrected chi connectivity index (χ4v) is 1.41. The lowest BCUT2D eigenvalue weighted by Gasteiger charge is -2.19. The number of hydrogen-bond donors (Lipinski definition) is 2. The van der Waals surface area contributed by atoms with Crippen LogP contribution >= 0.6 is 0 Å². The average molecular weight is 269 g/mol. The fourth-order valence-electron chi connectivity index (χ4n) is 1.41. The molecule has 7 heteroatoms. The predicted molar refractivity (Wildman–Crippen MR) is 72.7 cm³/mol. The van der Waals surface area contributed by atoms with Gasteiger partial charge in [0.1, 0.15) is 6.04 Å². The molecule has 0 aromatic carbocycles. The molecule has 0 saturated heterocycles. The van der Waals surface area contributed by atoms with Crippen molar-refractivity contribution in [2.45, 2.75) is 46.3 Å². The van der Waals surface area contributed by atoms with Gasteiger partial charge in [0.2, 0.25) is 11.8 Å². The van der Waals surface area contributed by atoms with Crippen LogP contribution < -0.4 is 10.6 Å². The van der Waals surface area contributed by atoms with Gasteiger partial charge in [0.25, 0.3) is 0 Å². The van der Waals surface area contributed by atoms with E-state index in [0.29, 0.717) is 25.0 Å². The summed E-state index contributed by atoms with van der Waals surface area (Å²) in [5, 5.41) is 13.8. The minimum atomic E-state index is -0.392. The largest absolute Gasteiger partial charge is 0.407 e. The van der Waals surface area contributed by atoms with Gasteiger partial charge in [-0.05, 0) is 13.8 Å². The molecule has 0 fully saturated rings. The highest BCUT2D eigenvalue weighted by molar-refractivity contribution is 5.83. The smallest absolute Gasteiger partial charge is 0.316 e. The first-order valence-corrected chi connectivity index (χ1v) is 6.51. The second-order valence-electron chi connectivity index (χ2n) is 4.75. The van der Waals surface area contributed by atoms with Crippen molar-refractivity contribution in [3.05, 3.63) is 5.89 Å². The predicted octanol–water partition coefficient (Wildman–Crippen LogP) is 0.846. The summed E-state index contributed by atoms with van der Waals surface area (Å²) < 4.78 is 5.40. The molecule has 7 nitrogen and oxygen atoms in total. The summed E-state index contributed by atoms with van der Waals surface area (Å²) in [5.41, 5.74) is 0. The molecule has 1 aromatic rings. The van der Waals surface area contributed by atoms with E-state index in [9.17, 15) is 4.79 Å². The Morgan fingerprint density at radius 1 is 1.37 bits per heavy atom. The normalized spacial score (nSPS) is 12.5. The maximum Gasteiger partial charge on any atom is 0.316 e. The molecule has 108 valence electrons. The van der Waals surface area contributed by atoms with Crippen LogP contribution in [0.15, 0.2) is 4.42 Å². The standard InChI is InChI=1S/C12H23N5O2/c1-6-17(5)11(18)9(4)14-12-16-15-10(19-12)7-13-8(2)3/h8-9,13H,6-7H2,1-5H3,(H,14,16). The van der Waals surface area contributed by atoms with E-state index in [4.69, 9.17) is 4.42 Å². The summed E-state index contributed by atoms with van der Waals surface area (Å²) in [4.78, 5) is 13.5. The van der Waals surface area contributed by atoms with Crippen LogP contribution in [0.1, 0.15) is 33.6 Å². The zero-order chi connectivity index (χ0) is 14.4. The number of anilines is 1. The Kier molecular flexibility index (Phi) is 5.75. The number of nitrogens with zero attached hydrogens (tertiary/aromatic N) is 3. The molecule has 0 bridgehead atoms. The highest BCUT2D eigenvalue weighted by atomic mass is 16.4. The van der Waals surface area contributed by atoms with E-state index in [-0.39, 0.29) is 11.9 Å². The molecule has 0 aliphatic rings. The SMILES string of the molecule is CCN(C)C(=O)C(C)Nc1nnc(CNC(C)C)o1. The Balaban J connectivity index is 2.51. The average Bonchev–Trinajstić information content (AvgIpc) is 2.82.